The fraction of sp³-hybridized carbons (Fsp3) is 0.938. The highest BCUT2D eigenvalue weighted by molar-refractivity contribution is 5.66. The van der Waals surface area contributed by atoms with Crippen LogP contribution in [0.3, 0.4) is 0 Å². The highest BCUT2D eigenvalue weighted by Crippen LogP contribution is 2.29. The van der Waals surface area contributed by atoms with Crippen LogP contribution in [-0.4, -0.2) is 48.8 Å². The third kappa shape index (κ3) is 5.83. The molecule has 0 aliphatic carbocycles. The molecule has 6 heteroatoms. The Morgan fingerprint density at radius 3 is 2.55 bits per heavy atom. The van der Waals surface area contributed by atoms with E-state index in [1.165, 1.54) is 6.92 Å². The quantitative estimate of drug-likeness (QED) is 0.496. The van der Waals surface area contributed by atoms with Gasteiger partial charge in [0.25, 0.3) is 0 Å². The van der Waals surface area contributed by atoms with Gasteiger partial charge in [-0.05, 0) is 19.3 Å². The van der Waals surface area contributed by atoms with E-state index in [0.29, 0.717) is 6.61 Å². The number of hydrogen-bond donors (Lipinski definition) is 2. The lowest BCUT2D eigenvalue weighted by Gasteiger charge is -2.43. The number of nitrogens with two attached hydrogens (primary N) is 1. The molecule has 1 heterocycles. The number of ether oxygens (including phenoxy) is 3. The minimum absolute atomic E-state index is 0.0245. The zero-order chi connectivity index (χ0) is 16.5. The van der Waals surface area contributed by atoms with Crippen molar-refractivity contribution >= 4 is 5.97 Å². The second-order valence-corrected chi connectivity index (χ2v) is 5.97. The predicted octanol–water partition coefficient (Wildman–Crippen LogP) is 1.59. The summed E-state index contributed by atoms with van der Waals surface area (Å²) in [6.45, 7) is 6.22. The van der Waals surface area contributed by atoms with Gasteiger partial charge in [-0.25, -0.2) is 0 Å². The van der Waals surface area contributed by atoms with Crippen molar-refractivity contribution in [1.29, 1.82) is 0 Å². The molecule has 0 aromatic rings. The van der Waals surface area contributed by atoms with Crippen molar-refractivity contribution in [2.24, 2.45) is 11.7 Å². The second-order valence-electron chi connectivity index (χ2n) is 5.97. The maximum atomic E-state index is 11.3. The smallest absolute Gasteiger partial charge is 0.302 e. The molecule has 5 atom stereocenters. The topological polar surface area (TPSA) is 91.0 Å². The van der Waals surface area contributed by atoms with Crippen LogP contribution in [0.2, 0.25) is 0 Å². The summed E-state index contributed by atoms with van der Waals surface area (Å²) < 4.78 is 17.1. The molecule has 0 amide bonds. The molecule has 3 unspecified atom stereocenters. The molecule has 1 aliphatic heterocycles. The van der Waals surface area contributed by atoms with Gasteiger partial charge in [-0.15, -0.1) is 0 Å². The summed E-state index contributed by atoms with van der Waals surface area (Å²) in [6, 6.07) is -0.473. The minimum Gasteiger partial charge on any atom is -0.460 e. The Labute approximate surface area is 133 Å². The van der Waals surface area contributed by atoms with Gasteiger partial charge in [0.2, 0.25) is 0 Å². The summed E-state index contributed by atoms with van der Waals surface area (Å²) in [5.41, 5.74) is 6.18. The van der Waals surface area contributed by atoms with Crippen molar-refractivity contribution in [2.75, 3.05) is 13.2 Å². The largest absolute Gasteiger partial charge is 0.460 e. The van der Waals surface area contributed by atoms with E-state index in [9.17, 15) is 4.79 Å². The van der Waals surface area contributed by atoms with Crippen molar-refractivity contribution in [2.45, 2.75) is 77.4 Å². The average Bonchev–Trinajstić information content (AvgIpc) is 2.48. The molecular weight excluding hydrogens is 286 g/mol. The first-order valence-electron chi connectivity index (χ1n) is 8.32. The summed E-state index contributed by atoms with van der Waals surface area (Å²) in [5, 5.41) is 8.73. The van der Waals surface area contributed by atoms with Gasteiger partial charge >= 0.3 is 5.97 Å². The Balaban J connectivity index is 2.48. The minimum atomic E-state index is -0.539. The maximum absolute atomic E-state index is 11.3. The maximum Gasteiger partial charge on any atom is 0.302 e. The van der Waals surface area contributed by atoms with Crippen LogP contribution in [0.25, 0.3) is 0 Å². The third-order valence-electron chi connectivity index (χ3n) is 4.15. The van der Waals surface area contributed by atoms with Crippen LogP contribution in [0, 0.1) is 5.92 Å². The highest BCUT2D eigenvalue weighted by Gasteiger charge is 2.43. The first kappa shape index (κ1) is 19.4. The first-order chi connectivity index (χ1) is 10.5. The van der Waals surface area contributed by atoms with E-state index in [0.717, 1.165) is 32.1 Å². The van der Waals surface area contributed by atoms with Gasteiger partial charge in [0, 0.05) is 26.1 Å². The molecule has 0 bridgehead atoms. The lowest BCUT2D eigenvalue weighted by atomic mass is 9.88. The van der Waals surface area contributed by atoms with Gasteiger partial charge in [-0.1, -0.05) is 26.7 Å². The Bertz CT molecular complexity index is 326. The molecule has 0 saturated carbocycles. The molecule has 130 valence electrons. The van der Waals surface area contributed by atoms with Crippen LogP contribution >= 0.6 is 0 Å². The Morgan fingerprint density at radius 1 is 1.27 bits per heavy atom. The van der Waals surface area contributed by atoms with E-state index in [1.54, 1.807) is 0 Å². The number of aliphatic hydroxyl groups excluding tert-OH is 1. The number of aliphatic hydroxyl groups is 1. The zero-order valence-electron chi connectivity index (χ0n) is 14.0. The molecule has 1 saturated heterocycles. The average molecular weight is 317 g/mol. The third-order valence-corrected chi connectivity index (χ3v) is 4.15. The first-order valence-corrected chi connectivity index (χ1v) is 8.32. The molecule has 0 spiro atoms. The fourth-order valence-corrected chi connectivity index (χ4v) is 2.87. The van der Waals surface area contributed by atoms with E-state index in [2.05, 4.69) is 0 Å². The van der Waals surface area contributed by atoms with Crippen molar-refractivity contribution in [3.8, 4) is 0 Å². The van der Waals surface area contributed by atoms with E-state index in [1.807, 2.05) is 13.8 Å². The van der Waals surface area contributed by atoms with Gasteiger partial charge in [0.15, 0.2) is 6.29 Å². The van der Waals surface area contributed by atoms with Gasteiger partial charge in [0.05, 0.1) is 12.1 Å². The van der Waals surface area contributed by atoms with Crippen molar-refractivity contribution in [3.63, 3.8) is 0 Å². The molecule has 22 heavy (non-hydrogen) atoms. The monoisotopic (exact) mass is 317 g/mol. The van der Waals surface area contributed by atoms with Gasteiger partial charge < -0.3 is 25.1 Å². The standard InChI is InChI=1S/C16H31NO5/c1-4-13-11(2)15(21-12(3)19)14(17)16(22-13)20-10-8-6-5-7-9-18/h11,13-16,18H,4-10,17H2,1-3H3/t11-,13?,14?,15?,16+/m0/s1. The molecule has 3 N–H and O–H groups in total. The molecule has 1 aliphatic rings. The molecule has 1 fully saturated rings. The highest BCUT2D eigenvalue weighted by atomic mass is 16.7. The summed E-state index contributed by atoms with van der Waals surface area (Å²) >= 11 is 0. The summed E-state index contributed by atoms with van der Waals surface area (Å²) in [7, 11) is 0. The molecule has 0 aromatic carbocycles. The number of hydrogen-bond acceptors (Lipinski definition) is 6. The van der Waals surface area contributed by atoms with Gasteiger partial charge in [0.1, 0.15) is 6.10 Å². The summed E-state index contributed by atoms with van der Waals surface area (Å²) in [4.78, 5) is 11.3. The number of carbonyl (C=O) groups is 1. The lowest BCUT2D eigenvalue weighted by Crippen LogP contribution is -2.59. The second kappa shape index (κ2) is 10.2. The number of carbonyl (C=O) groups excluding carboxylic acids is 1. The van der Waals surface area contributed by atoms with Crippen LogP contribution in [0.5, 0.6) is 0 Å². The van der Waals surface area contributed by atoms with Crippen LogP contribution in [-0.2, 0) is 19.0 Å². The fourth-order valence-electron chi connectivity index (χ4n) is 2.87. The van der Waals surface area contributed by atoms with Crippen molar-refractivity contribution in [3.05, 3.63) is 0 Å². The molecule has 0 aromatic heterocycles. The number of rotatable bonds is 9. The van der Waals surface area contributed by atoms with Crippen molar-refractivity contribution < 1.29 is 24.1 Å². The SMILES string of the molecule is CCC1O[C@@H](OCCCCCCO)C(N)C(OC(C)=O)[C@H]1C. The normalized spacial score (nSPS) is 32.0. The van der Waals surface area contributed by atoms with E-state index < -0.39 is 12.3 Å². The van der Waals surface area contributed by atoms with E-state index in [4.69, 9.17) is 25.1 Å². The zero-order valence-corrected chi connectivity index (χ0v) is 14.0. The van der Waals surface area contributed by atoms with E-state index in [-0.39, 0.29) is 30.7 Å². The lowest BCUT2D eigenvalue weighted by molar-refractivity contribution is -0.248. The van der Waals surface area contributed by atoms with Gasteiger partial charge in [-0.3, -0.25) is 4.79 Å². The molecule has 0 radical (unpaired) electrons. The number of esters is 1. The predicted molar refractivity (Wildman–Crippen MR) is 83.2 cm³/mol. The Morgan fingerprint density at radius 2 is 1.95 bits per heavy atom. The van der Waals surface area contributed by atoms with E-state index >= 15 is 0 Å². The van der Waals surface area contributed by atoms with Crippen LogP contribution in [0.4, 0.5) is 0 Å². The molecular formula is C16H31NO5. The van der Waals surface area contributed by atoms with Crippen LogP contribution in [0.15, 0.2) is 0 Å². The van der Waals surface area contributed by atoms with Crippen LogP contribution < -0.4 is 5.73 Å². The summed E-state index contributed by atoms with van der Waals surface area (Å²) in [6.07, 6.45) is 3.59. The molecule has 1 rings (SSSR count). The Hall–Kier alpha value is -0.690. The Kier molecular flexibility index (Phi) is 8.93. The van der Waals surface area contributed by atoms with Gasteiger partial charge in [-0.2, -0.15) is 0 Å². The van der Waals surface area contributed by atoms with Crippen LogP contribution in [0.1, 0.15) is 52.9 Å². The molecule has 6 nitrogen and oxygen atoms in total. The number of unbranched alkanes of at least 4 members (excludes halogenated alkanes) is 3. The summed E-state index contributed by atoms with van der Waals surface area (Å²) in [5.74, 6) is -0.278. The van der Waals surface area contributed by atoms with Crippen molar-refractivity contribution in [1.82, 2.24) is 0 Å².